The molecule has 0 aromatic rings. The predicted molar refractivity (Wildman–Crippen MR) is 71.4 cm³/mol. The number of nitrogens with zero attached hydrogens (tertiary/aromatic N) is 1. The third-order valence-electron chi connectivity index (χ3n) is 3.90. The van der Waals surface area contributed by atoms with Crippen molar-refractivity contribution in [1.29, 1.82) is 0 Å². The normalized spacial score (nSPS) is 33.1. The molecule has 3 atom stereocenters. The zero-order chi connectivity index (χ0) is 13.1. The first kappa shape index (κ1) is 13.8. The van der Waals surface area contributed by atoms with Crippen LogP contribution in [0.25, 0.3) is 0 Å². The molecule has 2 aliphatic rings. The lowest BCUT2D eigenvalue weighted by Crippen LogP contribution is -2.59. The molecular formula is C14H26N2O2. The summed E-state index contributed by atoms with van der Waals surface area (Å²) in [7, 11) is 0. The number of ether oxygens (including phenoxy) is 1. The van der Waals surface area contributed by atoms with E-state index in [4.69, 9.17) is 4.74 Å². The molecule has 0 radical (unpaired) electrons. The van der Waals surface area contributed by atoms with Crippen LogP contribution in [-0.2, 0) is 9.53 Å². The van der Waals surface area contributed by atoms with Crippen LogP contribution >= 0.6 is 0 Å². The maximum Gasteiger partial charge on any atom is 0.252 e. The molecule has 104 valence electrons. The Bertz CT molecular complexity index is 288. The first-order valence-electron chi connectivity index (χ1n) is 7.23. The van der Waals surface area contributed by atoms with Gasteiger partial charge in [0.2, 0.25) is 0 Å². The fraction of sp³-hybridized carbons (Fsp3) is 0.929. The second-order valence-corrected chi connectivity index (χ2v) is 6.08. The summed E-state index contributed by atoms with van der Waals surface area (Å²) in [6, 6.07) is 0.719. The lowest BCUT2D eigenvalue weighted by molar-refractivity contribution is -0.144. The van der Waals surface area contributed by atoms with E-state index >= 15 is 0 Å². The highest BCUT2D eigenvalue weighted by Crippen LogP contribution is 2.19. The number of rotatable bonds is 3. The van der Waals surface area contributed by atoms with Gasteiger partial charge in [-0.15, -0.1) is 0 Å². The highest BCUT2D eigenvalue weighted by molar-refractivity contribution is 5.81. The van der Waals surface area contributed by atoms with E-state index in [1.165, 1.54) is 0 Å². The molecular weight excluding hydrogens is 228 g/mol. The standard InChI is InChI=1S/C14H26N2O2/c1-10(2)7-12-9-16(11(3)8-15-12)14(17)13-5-4-6-18-13/h10-13,15H,4-9H2,1-3H3. The topological polar surface area (TPSA) is 41.6 Å². The van der Waals surface area contributed by atoms with Crippen LogP contribution in [0, 0.1) is 5.92 Å². The minimum absolute atomic E-state index is 0.176. The molecule has 3 unspecified atom stereocenters. The molecule has 2 heterocycles. The summed E-state index contributed by atoms with van der Waals surface area (Å²) in [4.78, 5) is 14.4. The van der Waals surface area contributed by atoms with Gasteiger partial charge < -0.3 is 15.0 Å². The van der Waals surface area contributed by atoms with Gasteiger partial charge in [0, 0.05) is 31.8 Å². The van der Waals surface area contributed by atoms with Crippen molar-refractivity contribution in [3.8, 4) is 0 Å². The predicted octanol–water partition coefficient (Wildman–Crippen LogP) is 1.40. The number of carbonyl (C=O) groups is 1. The fourth-order valence-corrected chi connectivity index (χ4v) is 2.92. The lowest BCUT2D eigenvalue weighted by Gasteiger charge is -2.40. The molecule has 1 amide bonds. The van der Waals surface area contributed by atoms with Crippen molar-refractivity contribution in [2.45, 2.75) is 58.2 Å². The minimum Gasteiger partial charge on any atom is -0.368 e. The van der Waals surface area contributed by atoms with Crippen LogP contribution in [0.5, 0.6) is 0 Å². The second kappa shape index (κ2) is 6.02. The van der Waals surface area contributed by atoms with E-state index in [9.17, 15) is 4.79 Å². The first-order valence-corrected chi connectivity index (χ1v) is 7.23. The van der Waals surface area contributed by atoms with Gasteiger partial charge in [0.15, 0.2) is 0 Å². The molecule has 4 heteroatoms. The Morgan fingerprint density at radius 3 is 2.89 bits per heavy atom. The summed E-state index contributed by atoms with van der Waals surface area (Å²) >= 11 is 0. The Balaban J connectivity index is 1.94. The van der Waals surface area contributed by atoms with Crippen molar-refractivity contribution in [2.75, 3.05) is 19.7 Å². The van der Waals surface area contributed by atoms with Crippen molar-refractivity contribution in [3.05, 3.63) is 0 Å². The largest absolute Gasteiger partial charge is 0.368 e. The molecule has 2 rings (SSSR count). The van der Waals surface area contributed by atoms with Crippen LogP contribution in [0.15, 0.2) is 0 Å². The van der Waals surface area contributed by atoms with Crippen LogP contribution < -0.4 is 5.32 Å². The Hall–Kier alpha value is -0.610. The highest BCUT2D eigenvalue weighted by atomic mass is 16.5. The summed E-state index contributed by atoms with van der Waals surface area (Å²) in [6.07, 6.45) is 2.86. The number of nitrogens with one attached hydrogen (secondary N) is 1. The minimum atomic E-state index is -0.176. The van der Waals surface area contributed by atoms with Crippen molar-refractivity contribution in [1.82, 2.24) is 10.2 Å². The van der Waals surface area contributed by atoms with Gasteiger partial charge in [0.1, 0.15) is 6.10 Å². The molecule has 0 aromatic heterocycles. The highest BCUT2D eigenvalue weighted by Gasteiger charge is 2.34. The smallest absolute Gasteiger partial charge is 0.252 e. The number of hydrogen-bond donors (Lipinski definition) is 1. The van der Waals surface area contributed by atoms with Crippen LogP contribution in [-0.4, -0.2) is 48.7 Å². The van der Waals surface area contributed by atoms with Gasteiger partial charge in [-0.1, -0.05) is 13.8 Å². The van der Waals surface area contributed by atoms with Gasteiger partial charge in [-0.2, -0.15) is 0 Å². The van der Waals surface area contributed by atoms with Crippen LogP contribution in [0.1, 0.15) is 40.0 Å². The summed E-state index contributed by atoms with van der Waals surface area (Å²) < 4.78 is 5.52. The summed E-state index contributed by atoms with van der Waals surface area (Å²) in [5, 5.41) is 3.54. The Labute approximate surface area is 110 Å². The maximum atomic E-state index is 12.4. The first-order chi connectivity index (χ1) is 8.58. The van der Waals surface area contributed by atoms with E-state index in [1.807, 2.05) is 4.90 Å². The molecule has 1 N–H and O–H groups in total. The van der Waals surface area contributed by atoms with Crippen molar-refractivity contribution < 1.29 is 9.53 Å². The van der Waals surface area contributed by atoms with E-state index in [-0.39, 0.29) is 18.1 Å². The molecule has 0 aromatic carbocycles. The van der Waals surface area contributed by atoms with Gasteiger partial charge in [0.25, 0.3) is 5.91 Å². The molecule has 2 aliphatic heterocycles. The monoisotopic (exact) mass is 254 g/mol. The second-order valence-electron chi connectivity index (χ2n) is 6.08. The van der Waals surface area contributed by atoms with E-state index in [1.54, 1.807) is 0 Å². The van der Waals surface area contributed by atoms with Crippen molar-refractivity contribution in [2.24, 2.45) is 5.92 Å². The van der Waals surface area contributed by atoms with Gasteiger partial charge in [-0.05, 0) is 32.1 Å². The van der Waals surface area contributed by atoms with Gasteiger partial charge in [-0.25, -0.2) is 0 Å². The Morgan fingerprint density at radius 2 is 2.28 bits per heavy atom. The van der Waals surface area contributed by atoms with Crippen LogP contribution in [0.4, 0.5) is 0 Å². The van der Waals surface area contributed by atoms with E-state index < -0.39 is 0 Å². The molecule has 18 heavy (non-hydrogen) atoms. The number of piperazine rings is 1. The molecule has 4 nitrogen and oxygen atoms in total. The van der Waals surface area contributed by atoms with Crippen LogP contribution in [0.2, 0.25) is 0 Å². The molecule has 2 saturated heterocycles. The van der Waals surface area contributed by atoms with E-state index in [2.05, 4.69) is 26.1 Å². The molecule has 0 aliphatic carbocycles. The SMILES string of the molecule is CC(C)CC1CN(C(=O)C2CCCO2)C(C)CN1. The summed E-state index contributed by atoms with van der Waals surface area (Å²) in [6.45, 7) is 9.05. The third kappa shape index (κ3) is 3.23. The summed E-state index contributed by atoms with van der Waals surface area (Å²) in [5.41, 5.74) is 0. The third-order valence-corrected chi connectivity index (χ3v) is 3.90. The number of carbonyl (C=O) groups excluding carboxylic acids is 1. The van der Waals surface area contributed by atoms with Gasteiger partial charge in [-0.3, -0.25) is 4.79 Å². The van der Waals surface area contributed by atoms with Gasteiger partial charge >= 0.3 is 0 Å². The van der Waals surface area contributed by atoms with Crippen LogP contribution in [0.3, 0.4) is 0 Å². The maximum absolute atomic E-state index is 12.4. The average Bonchev–Trinajstić information content (AvgIpc) is 2.83. The summed E-state index contributed by atoms with van der Waals surface area (Å²) in [5.74, 6) is 0.867. The van der Waals surface area contributed by atoms with Crippen molar-refractivity contribution >= 4 is 5.91 Å². The zero-order valence-electron chi connectivity index (χ0n) is 11.8. The Kier molecular flexibility index (Phi) is 4.62. The molecule has 2 fully saturated rings. The molecule has 0 saturated carbocycles. The molecule has 0 bridgehead atoms. The van der Waals surface area contributed by atoms with Crippen molar-refractivity contribution in [3.63, 3.8) is 0 Å². The fourth-order valence-electron chi connectivity index (χ4n) is 2.92. The molecule has 0 spiro atoms. The Morgan fingerprint density at radius 1 is 1.50 bits per heavy atom. The number of amides is 1. The average molecular weight is 254 g/mol. The van der Waals surface area contributed by atoms with Gasteiger partial charge in [0.05, 0.1) is 0 Å². The quantitative estimate of drug-likeness (QED) is 0.828. The van der Waals surface area contributed by atoms with E-state index in [0.717, 1.165) is 39.0 Å². The van der Waals surface area contributed by atoms with E-state index in [0.29, 0.717) is 12.0 Å². The zero-order valence-corrected chi connectivity index (χ0v) is 11.8. The lowest BCUT2D eigenvalue weighted by atomic mass is 9.99. The number of hydrogen-bond acceptors (Lipinski definition) is 3.